The Morgan fingerprint density at radius 1 is 1.33 bits per heavy atom. The molecule has 90 valence electrons. The SMILES string of the molecule is N#CCc1ccc(-n2ncc(Br)c2C2CC2)cc1. The van der Waals surface area contributed by atoms with Crippen molar-refractivity contribution in [2.75, 3.05) is 0 Å². The fourth-order valence-corrected chi connectivity index (χ4v) is 2.70. The van der Waals surface area contributed by atoms with Crippen LogP contribution in [0, 0.1) is 11.3 Å². The molecule has 1 aliphatic rings. The molecule has 3 nitrogen and oxygen atoms in total. The summed E-state index contributed by atoms with van der Waals surface area (Å²) in [4.78, 5) is 0. The largest absolute Gasteiger partial charge is 0.236 e. The summed E-state index contributed by atoms with van der Waals surface area (Å²) < 4.78 is 3.09. The van der Waals surface area contributed by atoms with Crippen molar-refractivity contribution in [1.29, 1.82) is 5.26 Å². The molecule has 0 amide bonds. The Labute approximate surface area is 114 Å². The average molecular weight is 302 g/mol. The summed E-state index contributed by atoms with van der Waals surface area (Å²) in [6.45, 7) is 0. The van der Waals surface area contributed by atoms with Crippen molar-refractivity contribution in [1.82, 2.24) is 9.78 Å². The number of rotatable bonds is 3. The van der Waals surface area contributed by atoms with E-state index in [1.165, 1.54) is 18.5 Å². The van der Waals surface area contributed by atoms with E-state index in [0.717, 1.165) is 15.7 Å². The lowest BCUT2D eigenvalue weighted by Gasteiger charge is -2.07. The van der Waals surface area contributed by atoms with E-state index in [1.807, 2.05) is 35.1 Å². The van der Waals surface area contributed by atoms with Crippen LogP contribution in [0.25, 0.3) is 5.69 Å². The van der Waals surface area contributed by atoms with E-state index in [4.69, 9.17) is 5.26 Å². The highest BCUT2D eigenvalue weighted by molar-refractivity contribution is 9.10. The van der Waals surface area contributed by atoms with Crippen LogP contribution in [0.5, 0.6) is 0 Å². The van der Waals surface area contributed by atoms with Gasteiger partial charge in [-0.05, 0) is 46.5 Å². The van der Waals surface area contributed by atoms with Gasteiger partial charge in [-0.15, -0.1) is 0 Å². The van der Waals surface area contributed by atoms with E-state index < -0.39 is 0 Å². The standard InChI is InChI=1S/C14H12BrN3/c15-13-9-17-18(14(13)11-3-4-11)12-5-1-10(2-6-12)7-8-16/h1-2,5-6,9,11H,3-4,7H2. The van der Waals surface area contributed by atoms with Crippen molar-refractivity contribution in [3.63, 3.8) is 0 Å². The highest BCUT2D eigenvalue weighted by atomic mass is 79.9. The van der Waals surface area contributed by atoms with Gasteiger partial charge in [0.2, 0.25) is 0 Å². The molecule has 1 fully saturated rings. The molecule has 1 saturated carbocycles. The van der Waals surface area contributed by atoms with Gasteiger partial charge in [0.1, 0.15) is 0 Å². The number of nitriles is 1. The minimum absolute atomic E-state index is 0.457. The Hall–Kier alpha value is -1.60. The van der Waals surface area contributed by atoms with E-state index in [0.29, 0.717) is 12.3 Å². The van der Waals surface area contributed by atoms with Crippen LogP contribution in [0.1, 0.15) is 30.0 Å². The predicted octanol–water partition coefficient (Wildman–Crippen LogP) is 3.58. The molecule has 0 saturated heterocycles. The van der Waals surface area contributed by atoms with Gasteiger partial charge in [0.25, 0.3) is 0 Å². The van der Waals surface area contributed by atoms with Crippen LogP contribution in [0.4, 0.5) is 0 Å². The zero-order valence-electron chi connectivity index (χ0n) is 9.81. The van der Waals surface area contributed by atoms with Gasteiger partial charge in [-0.25, -0.2) is 4.68 Å². The van der Waals surface area contributed by atoms with Crippen molar-refractivity contribution in [3.05, 3.63) is 46.2 Å². The summed E-state index contributed by atoms with van der Waals surface area (Å²) in [7, 11) is 0. The number of hydrogen-bond acceptors (Lipinski definition) is 2. The Kier molecular flexibility index (Phi) is 2.92. The van der Waals surface area contributed by atoms with Crippen LogP contribution in [-0.4, -0.2) is 9.78 Å². The maximum atomic E-state index is 8.66. The second kappa shape index (κ2) is 4.58. The van der Waals surface area contributed by atoms with E-state index in [1.54, 1.807) is 0 Å². The van der Waals surface area contributed by atoms with Crippen molar-refractivity contribution in [2.24, 2.45) is 0 Å². The number of hydrogen-bond donors (Lipinski definition) is 0. The third-order valence-corrected chi connectivity index (χ3v) is 3.80. The third-order valence-electron chi connectivity index (χ3n) is 3.19. The molecule has 1 aliphatic carbocycles. The maximum Gasteiger partial charge on any atom is 0.0669 e. The van der Waals surface area contributed by atoms with Gasteiger partial charge in [0.05, 0.1) is 34.5 Å². The summed E-state index contributed by atoms with van der Waals surface area (Å²) >= 11 is 3.57. The first-order valence-electron chi connectivity index (χ1n) is 5.99. The average Bonchev–Trinajstić information content (AvgIpc) is 3.14. The van der Waals surface area contributed by atoms with Gasteiger partial charge in [-0.1, -0.05) is 12.1 Å². The van der Waals surface area contributed by atoms with Crippen LogP contribution in [-0.2, 0) is 6.42 Å². The normalized spacial score (nSPS) is 14.4. The minimum Gasteiger partial charge on any atom is -0.236 e. The zero-order valence-corrected chi connectivity index (χ0v) is 11.4. The van der Waals surface area contributed by atoms with Crippen LogP contribution in [0.2, 0.25) is 0 Å². The van der Waals surface area contributed by atoms with E-state index in [9.17, 15) is 0 Å². The topological polar surface area (TPSA) is 41.6 Å². The first-order valence-corrected chi connectivity index (χ1v) is 6.78. The van der Waals surface area contributed by atoms with Crippen LogP contribution in [0.15, 0.2) is 34.9 Å². The minimum atomic E-state index is 0.457. The van der Waals surface area contributed by atoms with Gasteiger partial charge in [0, 0.05) is 5.92 Å². The van der Waals surface area contributed by atoms with Crippen LogP contribution < -0.4 is 0 Å². The Bertz CT molecular complexity index is 603. The Morgan fingerprint density at radius 3 is 2.67 bits per heavy atom. The third kappa shape index (κ3) is 2.06. The van der Waals surface area contributed by atoms with Gasteiger partial charge in [0.15, 0.2) is 0 Å². The van der Waals surface area contributed by atoms with Crippen molar-refractivity contribution >= 4 is 15.9 Å². The highest BCUT2D eigenvalue weighted by Crippen LogP contribution is 2.43. The van der Waals surface area contributed by atoms with Crippen molar-refractivity contribution in [2.45, 2.75) is 25.2 Å². The van der Waals surface area contributed by atoms with E-state index in [-0.39, 0.29) is 0 Å². The molecule has 0 N–H and O–H groups in total. The summed E-state index contributed by atoms with van der Waals surface area (Å²) in [5, 5.41) is 13.1. The molecule has 2 aromatic rings. The van der Waals surface area contributed by atoms with Gasteiger partial charge < -0.3 is 0 Å². The summed E-state index contributed by atoms with van der Waals surface area (Å²) in [6.07, 6.45) is 4.81. The molecule has 1 aromatic heterocycles. The molecule has 1 aromatic carbocycles. The fraction of sp³-hybridized carbons (Fsp3) is 0.286. The maximum absolute atomic E-state index is 8.66. The fourth-order valence-electron chi connectivity index (χ4n) is 2.11. The second-order valence-electron chi connectivity index (χ2n) is 4.57. The summed E-state index contributed by atoms with van der Waals surface area (Å²) in [5.74, 6) is 0.640. The molecule has 18 heavy (non-hydrogen) atoms. The molecular weight excluding hydrogens is 290 g/mol. The van der Waals surface area contributed by atoms with E-state index >= 15 is 0 Å². The quantitative estimate of drug-likeness (QED) is 0.869. The first-order chi connectivity index (χ1) is 8.79. The molecule has 0 atom stereocenters. The van der Waals surface area contributed by atoms with Gasteiger partial charge >= 0.3 is 0 Å². The lowest BCUT2D eigenvalue weighted by Crippen LogP contribution is -2.01. The number of nitrogens with zero attached hydrogens (tertiary/aromatic N) is 3. The van der Waals surface area contributed by atoms with Gasteiger partial charge in [-0.3, -0.25) is 0 Å². The number of halogens is 1. The molecule has 3 rings (SSSR count). The van der Waals surface area contributed by atoms with Crippen LogP contribution in [0.3, 0.4) is 0 Å². The molecule has 0 bridgehead atoms. The zero-order chi connectivity index (χ0) is 12.5. The monoisotopic (exact) mass is 301 g/mol. The predicted molar refractivity (Wildman–Crippen MR) is 72.6 cm³/mol. The summed E-state index contributed by atoms with van der Waals surface area (Å²) in [6, 6.07) is 10.2. The molecular formula is C14H12BrN3. The molecule has 0 radical (unpaired) electrons. The lowest BCUT2D eigenvalue weighted by atomic mass is 10.1. The van der Waals surface area contributed by atoms with Gasteiger partial charge in [-0.2, -0.15) is 10.4 Å². The molecule has 0 unspecified atom stereocenters. The number of benzene rings is 1. The molecule has 4 heteroatoms. The highest BCUT2D eigenvalue weighted by Gasteiger charge is 2.29. The van der Waals surface area contributed by atoms with Crippen molar-refractivity contribution in [3.8, 4) is 11.8 Å². The smallest absolute Gasteiger partial charge is 0.0669 e. The Morgan fingerprint density at radius 2 is 2.06 bits per heavy atom. The number of aromatic nitrogens is 2. The Balaban J connectivity index is 1.97. The van der Waals surface area contributed by atoms with Crippen LogP contribution >= 0.6 is 15.9 Å². The second-order valence-corrected chi connectivity index (χ2v) is 5.42. The van der Waals surface area contributed by atoms with E-state index in [2.05, 4.69) is 27.1 Å². The molecule has 0 aliphatic heterocycles. The molecule has 1 heterocycles. The van der Waals surface area contributed by atoms with Crippen molar-refractivity contribution < 1.29 is 0 Å². The first kappa shape index (κ1) is 11.5. The molecule has 0 spiro atoms. The summed E-state index contributed by atoms with van der Waals surface area (Å²) in [5.41, 5.74) is 3.37. The lowest BCUT2D eigenvalue weighted by molar-refractivity contribution is 0.806.